The fraction of sp³-hybridized carbons (Fsp3) is 0.350. The van der Waals surface area contributed by atoms with Crippen LogP contribution in [0.1, 0.15) is 35.8 Å². The van der Waals surface area contributed by atoms with Crippen LogP contribution in [0.3, 0.4) is 0 Å². The maximum atomic E-state index is 14.0. The zero-order chi connectivity index (χ0) is 19.0. The lowest BCUT2D eigenvalue weighted by Crippen LogP contribution is -2.06. The summed E-state index contributed by atoms with van der Waals surface area (Å²) in [7, 11) is 0. The minimum Gasteiger partial charge on any atom is -0.493 e. The van der Waals surface area contributed by atoms with Gasteiger partial charge in [0.2, 0.25) is 0 Å². The number of hydrogen-bond donors (Lipinski definition) is 1. The molecule has 0 amide bonds. The van der Waals surface area contributed by atoms with Gasteiger partial charge in [0.25, 0.3) is 0 Å². The number of esters is 1. The first-order valence-corrected chi connectivity index (χ1v) is 9.01. The van der Waals surface area contributed by atoms with Crippen molar-refractivity contribution >= 4 is 17.0 Å². The molecular weight excluding hydrogens is 349 g/mol. The zero-order valence-electron chi connectivity index (χ0n) is 15.2. The molecule has 1 aliphatic carbocycles. The minimum absolute atomic E-state index is 0.270. The van der Waals surface area contributed by atoms with Crippen LogP contribution in [0.25, 0.3) is 22.3 Å². The molecule has 7 heteroatoms. The molecule has 1 fully saturated rings. The van der Waals surface area contributed by atoms with Crippen molar-refractivity contribution in [2.45, 2.75) is 26.7 Å². The lowest BCUT2D eigenvalue weighted by Gasteiger charge is -2.11. The Morgan fingerprint density at radius 2 is 2.15 bits per heavy atom. The number of fused-ring (bicyclic) bond motifs is 1. The average Bonchev–Trinajstić information content (AvgIpc) is 3.40. The standard InChI is InChI=1S/C20H20FN3O3/c1-3-26-20(25)16-11(2)24-19-17(22-10-23-18(16)19)14-8-13(21)6-7-15(14)27-9-12-4-5-12/h6-8,10,12,24H,3-5,9H2,1-2H3. The molecule has 27 heavy (non-hydrogen) atoms. The molecule has 3 aromatic rings. The van der Waals surface area contributed by atoms with Crippen LogP contribution in [0.2, 0.25) is 0 Å². The Hall–Kier alpha value is -2.96. The van der Waals surface area contributed by atoms with E-state index >= 15 is 0 Å². The third-order valence-corrected chi connectivity index (χ3v) is 4.62. The number of carbonyl (C=O) groups is 1. The average molecular weight is 369 g/mol. The maximum absolute atomic E-state index is 14.0. The molecule has 0 aliphatic heterocycles. The van der Waals surface area contributed by atoms with Crippen LogP contribution in [0, 0.1) is 18.7 Å². The Bertz CT molecular complexity index is 1010. The SMILES string of the molecule is CCOC(=O)c1c(C)[nH]c2c(-c3cc(F)ccc3OCC3CC3)ncnc12. The molecule has 1 aliphatic rings. The molecular formula is C20H20FN3O3. The lowest BCUT2D eigenvalue weighted by molar-refractivity contribution is 0.0527. The minimum atomic E-state index is -0.449. The Labute approximate surface area is 155 Å². The molecule has 4 rings (SSSR count). The Kier molecular flexibility index (Phi) is 4.51. The highest BCUT2D eigenvalue weighted by Crippen LogP contribution is 2.36. The smallest absolute Gasteiger partial charge is 0.342 e. The van der Waals surface area contributed by atoms with E-state index in [9.17, 15) is 9.18 Å². The first-order valence-electron chi connectivity index (χ1n) is 9.01. The predicted molar refractivity (Wildman–Crippen MR) is 98.2 cm³/mol. The van der Waals surface area contributed by atoms with Crippen molar-refractivity contribution < 1.29 is 18.7 Å². The van der Waals surface area contributed by atoms with Crippen LogP contribution < -0.4 is 4.74 Å². The summed E-state index contributed by atoms with van der Waals surface area (Å²) in [5.41, 5.74) is 3.02. The van der Waals surface area contributed by atoms with Gasteiger partial charge in [-0.25, -0.2) is 19.2 Å². The largest absolute Gasteiger partial charge is 0.493 e. The quantitative estimate of drug-likeness (QED) is 0.664. The molecule has 6 nitrogen and oxygen atoms in total. The number of carbonyl (C=O) groups excluding carboxylic acids is 1. The second kappa shape index (κ2) is 6.98. The number of ether oxygens (including phenoxy) is 2. The monoisotopic (exact) mass is 369 g/mol. The molecule has 2 aromatic heterocycles. The number of aryl methyl sites for hydroxylation is 1. The maximum Gasteiger partial charge on any atom is 0.342 e. The number of H-pyrrole nitrogens is 1. The van der Waals surface area contributed by atoms with E-state index in [1.165, 1.54) is 18.5 Å². The molecule has 1 N–H and O–H groups in total. The molecule has 0 atom stereocenters. The molecule has 140 valence electrons. The molecule has 1 aromatic carbocycles. The molecule has 2 heterocycles. The van der Waals surface area contributed by atoms with Crippen molar-refractivity contribution in [3.8, 4) is 17.0 Å². The Morgan fingerprint density at radius 3 is 2.89 bits per heavy atom. The highest BCUT2D eigenvalue weighted by Gasteiger charge is 2.25. The molecule has 0 bridgehead atoms. The molecule has 0 saturated heterocycles. The molecule has 1 saturated carbocycles. The number of halogens is 1. The van der Waals surface area contributed by atoms with E-state index < -0.39 is 5.97 Å². The van der Waals surface area contributed by atoms with Crippen LogP contribution >= 0.6 is 0 Å². The summed E-state index contributed by atoms with van der Waals surface area (Å²) >= 11 is 0. The normalized spacial score (nSPS) is 13.7. The third kappa shape index (κ3) is 3.37. The number of aromatic amines is 1. The van der Waals surface area contributed by atoms with Crippen LogP contribution in [0.5, 0.6) is 5.75 Å². The second-order valence-corrected chi connectivity index (χ2v) is 6.69. The summed E-state index contributed by atoms with van der Waals surface area (Å²) in [6.07, 6.45) is 3.68. The highest BCUT2D eigenvalue weighted by molar-refractivity contribution is 6.07. The number of aromatic nitrogens is 3. The van der Waals surface area contributed by atoms with Crippen molar-refractivity contribution in [3.05, 3.63) is 41.6 Å². The van der Waals surface area contributed by atoms with Crippen LogP contribution in [0.4, 0.5) is 4.39 Å². The number of rotatable bonds is 6. The Balaban J connectivity index is 1.83. The summed E-state index contributed by atoms with van der Waals surface area (Å²) in [5, 5.41) is 0. The topological polar surface area (TPSA) is 77.1 Å². The van der Waals surface area contributed by atoms with E-state index in [-0.39, 0.29) is 12.4 Å². The van der Waals surface area contributed by atoms with E-state index in [0.717, 1.165) is 12.8 Å². The van der Waals surface area contributed by atoms with Gasteiger partial charge in [0.05, 0.1) is 18.7 Å². The van der Waals surface area contributed by atoms with E-state index in [4.69, 9.17) is 9.47 Å². The predicted octanol–water partition coefficient (Wildman–Crippen LogP) is 4.04. The van der Waals surface area contributed by atoms with Crippen molar-refractivity contribution in [2.75, 3.05) is 13.2 Å². The number of nitrogens with zero attached hydrogens (tertiary/aromatic N) is 2. The van der Waals surface area contributed by atoms with Gasteiger partial charge in [0.1, 0.15) is 34.7 Å². The van der Waals surface area contributed by atoms with E-state index in [2.05, 4.69) is 15.0 Å². The van der Waals surface area contributed by atoms with Gasteiger partial charge < -0.3 is 14.5 Å². The van der Waals surface area contributed by atoms with E-state index in [0.29, 0.717) is 51.8 Å². The fourth-order valence-electron chi connectivity index (χ4n) is 3.08. The van der Waals surface area contributed by atoms with Crippen molar-refractivity contribution in [1.82, 2.24) is 15.0 Å². The highest BCUT2D eigenvalue weighted by atomic mass is 19.1. The summed E-state index contributed by atoms with van der Waals surface area (Å²) in [5.74, 6) is 0.296. The summed E-state index contributed by atoms with van der Waals surface area (Å²) in [6.45, 7) is 4.39. The number of hydrogen-bond acceptors (Lipinski definition) is 5. The van der Waals surface area contributed by atoms with Crippen LogP contribution in [-0.2, 0) is 4.74 Å². The van der Waals surface area contributed by atoms with Gasteiger partial charge in [-0.2, -0.15) is 0 Å². The fourth-order valence-corrected chi connectivity index (χ4v) is 3.08. The first-order chi connectivity index (χ1) is 13.1. The summed E-state index contributed by atoms with van der Waals surface area (Å²) < 4.78 is 25.0. The van der Waals surface area contributed by atoms with E-state index in [1.807, 2.05) is 0 Å². The summed E-state index contributed by atoms with van der Waals surface area (Å²) in [6, 6.07) is 4.38. The molecule has 0 unspecified atom stereocenters. The van der Waals surface area contributed by atoms with Gasteiger partial charge >= 0.3 is 5.97 Å². The van der Waals surface area contributed by atoms with Gasteiger partial charge in [0, 0.05) is 11.3 Å². The van der Waals surface area contributed by atoms with Gasteiger partial charge in [0.15, 0.2) is 0 Å². The molecule has 0 spiro atoms. The third-order valence-electron chi connectivity index (χ3n) is 4.62. The number of nitrogens with one attached hydrogen (secondary N) is 1. The second-order valence-electron chi connectivity index (χ2n) is 6.69. The number of benzene rings is 1. The van der Waals surface area contributed by atoms with E-state index in [1.54, 1.807) is 19.9 Å². The van der Waals surface area contributed by atoms with Crippen LogP contribution in [-0.4, -0.2) is 34.1 Å². The van der Waals surface area contributed by atoms with Gasteiger partial charge in [-0.15, -0.1) is 0 Å². The van der Waals surface area contributed by atoms with Gasteiger partial charge in [-0.05, 0) is 50.8 Å². The Morgan fingerprint density at radius 1 is 1.33 bits per heavy atom. The zero-order valence-corrected chi connectivity index (χ0v) is 15.2. The van der Waals surface area contributed by atoms with Crippen molar-refractivity contribution in [1.29, 1.82) is 0 Å². The lowest BCUT2D eigenvalue weighted by atomic mass is 10.1. The van der Waals surface area contributed by atoms with Crippen molar-refractivity contribution in [2.24, 2.45) is 5.92 Å². The summed E-state index contributed by atoms with van der Waals surface area (Å²) in [4.78, 5) is 24.1. The first kappa shape index (κ1) is 17.5. The molecule has 0 radical (unpaired) electrons. The van der Waals surface area contributed by atoms with Gasteiger partial charge in [-0.1, -0.05) is 0 Å². The van der Waals surface area contributed by atoms with Gasteiger partial charge in [-0.3, -0.25) is 0 Å². The van der Waals surface area contributed by atoms with Crippen molar-refractivity contribution in [3.63, 3.8) is 0 Å². The van der Waals surface area contributed by atoms with Crippen LogP contribution in [0.15, 0.2) is 24.5 Å².